The Morgan fingerprint density at radius 2 is 1.36 bits per heavy atom. The van der Waals surface area contributed by atoms with Crippen LogP contribution in [0.4, 0.5) is 0 Å². The summed E-state index contributed by atoms with van der Waals surface area (Å²) in [5, 5.41) is 0. The van der Waals surface area contributed by atoms with Crippen LogP contribution in [0.5, 0.6) is 0 Å². The summed E-state index contributed by atoms with van der Waals surface area (Å²) in [6.45, 7) is 3.11. The first-order valence-electron chi connectivity index (χ1n) is 2.87. The number of rotatable bonds is 0. The molecule has 2 N–H and O–H groups in total. The van der Waals surface area contributed by atoms with Gasteiger partial charge in [-0.2, -0.15) is 0 Å². The predicted molar refractivity (Wildman–Crippen MR) is 47.4 cm³/mol. The summed E-state index contributed by atoms with van der Waals surface area (Å²) in [5.74, 6) is 0. The molecule has 1 rings (SSSR count). The summed E-state index contributed by atoms with van der Waals surface area (Å²) < 4.78 is 10.1. The van der Waals surface area contributed by atoms with Crippen molar-refractivity contribution < 1.29 is 26.5 Å². The first-order valence-corrected chi connectivity index (χ1v) is 3.73. The molecule has 1 aliphatic heterocycles. The molecule has 1 aliphatic rings. The fourth-order valence-electron chi connectivity index (χ4n) is 0.440. The van der Waals surface area contributed by atoms with E-state index >= 15 is 0 Å². The Labute approximate surface area is 87.9 Å². The molecule has 1 fully saturated rings. The first-order chi connectivity index (χ1) is 4.73. The standard InChI is InChI=1S/C4H8O2.CH3NS2.Cu/c1-2-6-4-3-5-1;2-1(3)4;/h1-4H2;(H3,2,3,4);. The minimum absolute atomic E-state index is 0. The summed E-state index contributed by atoms with van der Waals surface area (Å²) in [6, 6.07) is 0. The molecule has 0 aromatic rings. The van der Waals surface area contributed by atoms with Crippen LogP contribution in [0.25, 0.3) is 0 Å². The fourth-order valence-corrected chi connectivity index (χ4v) is 0.440. The van der Waals surface area contributed by atoms with E-state index in [0.29, 0.717) is 0 Å². The van der Waals surface area contributed by atoms with E-state index in [1.807, 2.05) is 0 Å². The van der Waals surface area contributed by atoms with Crippen molar-refractivity contribution in [3.05, 3.63) is 0 Å². The SMILES string of the molecule is C1COCCO1.NC(=S)S.[Cu]. The second-order valence-electron chi connectivity index (χ2n) is 1.56. The second-order valence-corrected chi connectivity index (χ2v) is 2.79. The molecule has 0 unspecified atom stereocenters. The number of nitrogens with two attached hydrogens (primary N) is 1. The molecule has 11 heavy (non-hydrogen) atoms. The van der Waals surface area contributed by atoms with E-state index in [1.54, 1.807) is 0 Å². The maximum absolute atomic E-state index is 4.94. The van der Waals surface area contributed by atoms with Crippen LogP contribution < -0.4 is 5.73 Å². The first kappa shape index (κ1) is 14.2. The van der Waals surface area contributed by atoms with Crippen LogP contribution in [0, 0.1) is 0 Å². The summed E-state index contributed by atoms with van der Waals surface area (Å²) in [6.07, 6.45) is 0. The van der Waals surface area contributed by atoms with Crippen molar-refractivity contribution in [2.24, 2.45) is 5.73 Å². The van der Waals surface area contributed by atoms with Crippen molar-refractivity contribution in [1.82, 2.24) is 0 Å². The van der Waals surface area contributed by atoms with Crippen LogP contribution >= 0.6 is 24.8 Å². The smallest absolute Gasteiger partial charge is 0.128 e. The molecule has 71 valence electrons. The number of thiocarbonyl (C=S) groups is 1. The molecule has 0 bridgehead atoms. The molecule has 0 aromatic carbocycles. The Bertz CT molecular complexity index is 85.0. The van der Waals surface area contributed by atoms with Gasteiger partial charge in [-0.3, -0.25) is 0 Å². The molecule has 1 heterocycles. The van der Waals surface area contributed by atoms with E-state index in [9.17, 15) is 0 Å². The van der Waals surface area contributed by atoms with Gasteiger partial charge in [0.2, 0.25) is 0 Å². The van der Waals surface area contributed by atoms with Gasteiger partial charge >= 0.3 is 0 Å². The third kappa shape index (κ3) is 18.0. The molecule has 0 aromatic heterocycles. The van der Waals surface area contributed by atoms with E-state index < -0.39 is 0 Å². The minimum atomic E-state index is 0. The summed E-state index contributed by atoms with van der Waals surface area (Å²) in [4.78, 5) is 0. The molecule has 0 aliphatic carbocycles. The number of ether oxygens (including phenoxy) is 2. The third-order valence-corrected chi connectivity index (χ3v) is 0.744. The van der Waals surface area contributed by atoms with Gasteiger partial charge in [0, 0.05) is 17.1 Å². The predicted octanol–water partition coefficient (Wildman–Crippen LogP) is 0.191. The quantitative estimate of drug-likeness (QED) is 0.363. The molecule has 0 atom stereocenters. The zero-order chi connectivity index (χ0) is 7.82. The Morgan fingerprint density at radius 3 is 1.45 bits per heavy atom. The zero-order valence-corrected chi connectivity index (χ0v) is 8.53. The fraction of sp³-hybridized carbons (Fsp3) is 0.800. The number of thiol groups is 1. The van der Waals surface area contributed by atoms with Gasteiger partial charge in [-0.1, -0.05) is 12.2 Å². The van der Waals surface area contributed by atoms with Crippen LogP contribution in [0.1, 0.15) is 0 Å². The molecule has 1 radical (unpaired) electrons. The molecule has 0 spiro atoms. The summed E-state index contributed by atoms with van der Waals surface area (Å²) in [7, 11) is 0. The van der Waals surface area contributed by atoms with Gasteiger partial charge < -0.3 is 15.2 Å². The second kappa shape index (κ2) is 10.7. The van der Waals surface area contributed by atoms with Gasteiger partial charge in [0.05, 0.1) is 26.4 Å². The van der Waals surface area contributed by atoms with Crippen molar-refractivity contribution in [3.8, 4) is 0 Å². The number of hydrogen-bond acceptors (Lipinski definition) is 3. The van der Waals surface area contributed by atoms with Crippen molar-refractivity contribution in [2.45, 2.75) is 0 Å². The maximum atomic E-state index is 4.94. The zero-order valence-electron chi connectivity index (χ0n) is 5.88. The Kier molecular flexibility index (Phi) is 13.8. The molecule has 0 amide bonds. The third-order valence-electron chi connectivity index (χ3n) is 0.744. The normalized spacial score (nSPS) is 15.4. The Morgan fingerprint density at radius 1 is 1.18 bits per heavy atom. The van der Waals surface area contributed by atoms with Crippen LogP contribution in [-0.2, 0) is 26.5 Å². The topological polar surface area (TPSA) is 44.5 Å². The summed E-state index contributed by atoms with van der Waals surface area (Å²) >= 11 is 7.65. The van der Waals surface area contributed by atoms with Gasteiger partial charge in [-0.25, -0.2) is 0 Å². The van der Waals surface area contributed by atoms with E-state index in [1.165, 1.54) is 0 Å². The molecule has 3 nitrogen and oxygen atoms in total. The largest absolute Gasteiger partial charge is 0.385 e. The van der Waals surface area contributed by atoms with Crippen molar-refractivity contribution in [3.63, 3.8) is 0 Å². The van der Waals surface area contributed by atoms with Gasteiger partial charge in [0.1, 0.15) is 4.32 Å². The average Bonchev–Trinajstić information content (AvgIpc) is 1.90. The Hall–Kier alpha value is 0.679. The van der Waals surface area contributed by atoms with Gasteiger partial charge in [-0.15, -0.1) is 12.6 Å². The van der Waals surface area contributed by atoms with E-state index in [4.69, 9.17) is 15.2 Å². The van der Waals surface area contributed by atoms with E-state index in [-0.39, 0.29) is 21.4 Å². The maximum Gasteiger partial charge on any atom is 0.128 e. The minimum Gasteiger partial charge on any atom is -0.385 e. The van der Waals surface area contributed by atoms with E-state index in [2.05, 4.69) is 24.8 Å². The summed E-state index contributed by atoms with van der Waals surface area (Å²) in [5.41, 5.74) is 4.71. The van der Waals surface area contributed by atoms with Crippen LogP contribution in [0.3, 0.4) is 0 Å². The molecule has 0 saturated carbocycles. The van der Waals surface area contributed by atoms with Crippen molar-refractivity contribution >= 4 is 29.2 Å². The van der Waals surface area contributed by atoms with Crippen LogP contribution in [-0.4, -0.2) is 30.7 Å². The van der Waals surface area contributed by atoms with E-state index in [0.717, 1.165) is 26.4 Å². The molecule has 6 heteroatoms. The Balaban J connectivity index is 0. The van der Waals surface area contributed by atoms with Crippen molar-refractivity contribution in [2.75, 3.05) is 26.4 Å². The van der Waals surface area contributed by atoms with Crippen molar-refractivity contribution in [1.29, 1.82) is 0 Å². The molecule has 1 saturated heterocycles. The van der Waals surface area contributed by atoms with Gasteiger partial charge in [0.25, 0.3) is 0 Å². The van der Waals surface area contributed by atoms with Gasteiger partial charge in [-0.05, 0) is 0 Å². The van der Waals surface area contributed by atoms with Crippen LogP contribution in [0.2, 0.25) is 0 Å². The molecular formula is C5H11CuNO2S2. The number of hydrogen-bond donors (Lipinski definition) is 2. The average molecular weight is 245 g/mol. The monoisotopic (exact) mass is 244 g/mol. The van der Waals surface area contributed by atoms with Gasteiger partial charge in [0.15, 0.2) is 0 Å². The van der Waals surface area contributed by atoms with Crippen LogP contribution in [0.15, 0.2) is 0 Å². The molecular weight excluding hydrogens is 234 g/mol.